The van der Waals surface area contributed by atoms with Crippen molar-refractivity contribution in [1.29, 1.82) is 0 Å². The Morgan fingerprint density at radius 1 is 1.22 bits per heavy atom. The Morgan fingerprint density at radius 3 is 2.68 bits per heavy atom. The molecule has 0 radical (unpaired) electrons. The van der Waals surface area contributed by atoms with Gasteiger partial charge in [-0.1, -0.05) is 30.9 Å². The lowest BCUT2D eigenvalue weighted by Gasteiger charge is -2.37. The van der Waals surface area contributed by atoms with Crippen molar-refractivity contribution in [3.63, 3.8) is 0 Å². The highest BCUT2D eigenvalue weighted by atomic mass is 19.1. The molecule has 2 aromatic heterocycles. The maximum absolute atomic E-state index is 13.6. The molecule has 1 amide bonds. The third-order valence-corrected chi connectivity index (χ3v) is 6.39. The molecule has 1 N–H and O–H groups in total. The van der Waals surface area contributed by atoms with Gasteiger partial charge in [-0.2, -0.15) is 0 Å². The van der Waals surface area contributed by atoms with Gasteiger partial charge in [-0.15, -0.1) is 0 Å². The Kier molecular flexibility index (Phi) is 8.49. The molecule has 0 saturated carbocycles. The molecule has 8 heteroatoms. The Labute approximate surface area is 216 Å². The highest BCUT2D eigenvalue weighted by Gasteiger charge is 2.34. The maximum Gasteiger partial charge on any atom is 0.259 e. The number of amides is 1. The first kappa shape index (κ1) is 26.3. The number of aromatic nitrogens is 2. The van der Waals surface area contributed by atoms with E-state index in [-0.39, 0.29) is 42.3 Å². The van der Waals surface area contributed by atoms with Crippen molar-refractivity contribution in [1.82, 2.24) is 19.8 Å². The molecule has 0 aliphatic carbocycles. The van der Waals surface area contributed by atoms with E-state index < -0.39 is 0 Å². The van der Waals surface area contributed by atoms with Gasteiger partial charge in [0.25, 0.3) is 5.91 Å². The zero-order valence-corrected chi connectivity index (χ0v) is 21.3. The third kappa shape index (κ3) is 6.70. The third-order valence-electron chi connectivity index (χ3n) is 6.39. The molecule has 3 atom stereocenters. The van der Waals surface area contributed by atoms with Gasteiger partial charge in [0, 0.05) is 55.3 Å². The fourth-order valence-electron chi connectivity index (χ4n) is 4.24. The van der Waals surface area contributed by atoms with Crippen LogP contribution in [0.2, 0.25) is 0 Å². The number of likely N-dealkylation sites (N-methyl/N-ethyl adjacent to an activating group) is 1. The van der Waals surface area contributed by atoms with Gasteiger partial charge in [0.15, 0.2) is 0 Å². The number of hydrogen-bond acceptors (Lipinski definition) is 6. The van der Waals surface area contributed by atoms with Crippen LogP contribution in [0.25, 0.3) is 0 Å². The monoisotopic (exact) mass is 502 g/mol. The summed E-state index contributed by atoms with van der Waals surface area (Å²) in [4.78, 5) is 25.9. The first-order valence-electron chi connectivity index (χ1n) is 12.3. The van der Waals surface area contributed by atoms with E-state index in [1.807, 2.05) is 33.0 Å². The van der Waals surface area contributed by atoms with Crippen LogP contribution < -0.4 is 4.74 Å². The zero-order valence-electron chi connectivity index (χ0n) is 21.3. The summed E-state index contributed by atoms with van der Waals surface area (Å²) in [7, 11) is 1.98. The fourth-order valence-corrected chi connectivity index (χ4v) is 4.24. The number of rotatable bonds is 6. The van der Waals surface area contributed by atoms with Crippen molar-refractivity contribution in [2.75, 3.05) is 26.7 Å². The molecule has 7 nitrogen and oxygen atoms in total. The van der Waals surface area contributed by atoms with Crippen molar-refractivity contribution in [2.45, 2.75) is 32.5 Å². The van der Waals surface area contributed by atoms with Crippen molar-refractivity contribution in [3.05, 3.63) is 89.1 Å². The number of fused-ring (bicyclic) bond motifs is 1. The van der Waals surface area contributed by atoms with Gasteiger partial charge in [0.05, 0.1) is 12.6 Å². The predicted molar refractivity (Wildman–Crippen MR) is 138 cm³/mol. The van der Waals surface area contributed by atoms with Crippen molar-refractivity contribution < 1.29 is 19.0 Å². The molecule has 1 aliphatic rings. The van der Waals surface area contributed by atoms with Crippen LogP contribution in [-0.4, -0.2) is 69.7 Å². The summed E-state index contributed by atoms with van der Waals surface area (Å²) < 4.78 is 19.6. The summed E-state index contributed by atoms with van der Waals surface area (Å²) in [5.41, 5.74) is 2.64. The Morgan fingerprint density at radius 2 is 1.97 bits per heavy atom. The Bertz CT molecular complexity index is 1270. The second-order valence-electron chi connectivity index (χ2n) is 9.51. The van der Waals surface area contributed by atoms with Crippen molar-refractivity contribution >= 4 is 5.91 Å². The first-order chi connectivity index (χ1) is 17.8. The molecule has 0 spiro atoms. The number of aliphatic hydroxyl groups is 1. The summed E-state index contributed by atoms with van der Waals surface area (Å²) in [5, 5.41) is 9.86. The normalized spacial score (nSPS) is 18.2. The molecule has 1 aromatic carbocycles. The molecule has 0 fully saturated rings. The zero-order chi connectivity index (χ0) is 26.4. The van der Waals surface area contributed by atoms with Gasteiger partial charge in [-0.05, 0) is 49.9 Å². The summed E-state index contributed by atoms with van der Waals surface area (Å²) in [6, 6.07) is 11.4. The molecule has 4 rings (SSSR count). The number of hydrogen-bond donors (Lipinski definition) is 1. The van der Waals surface area contributed by atoms with Crippen LogP contribution in [0.1, 0.15) is 40.9 Å². The van der Waals surface area contributed by atoms with Crippen LogP contribution in [0, 0.1) is 23.6 Å². The molecule has 3 aromatic rings. The van der Waals surface area contributed by atoms with E-state index in [1.165, 1.54) is 12.1 Å². The topological polar surface area (TPSA) is 78.8 Å². The second kappa shape index (κ2) is 12.0. The van der Waals surface area contributed by atoms with Crippen molar-refractivity contribution in [2.24, 2.45) is 5.92 Å². The average Bonchev–Trinajstić information content (AvgIpc) is 2.91. The number of halogens is 1. The molecular weight excluding hydrogens is 471 g/mol. The first-order valence-corrected chi connectivity index (χ1v) is 12.3. The molecule has 1 aliphatic heterocycles. The average molecular weight is 503 g/mol. The minimum atomic E-state index is -0.372. The van der Waals surface area contributed by atoms with Crippen LogP contribution >= 0.6 is 0 Å². The van der Waals surface area contributed by atoms with Gasteiger partial charge in [0.1, 0.15) is 17.5 Å². The highest BCUT2D eigenvalue weighted by molar-refractivity contribution is 5.97. The number of benzene rings is 1. The summed E-state index contributed by atoms with van der Waals surface area (Å²) in [6.07, 6.45) is 4.67. The minimum Gasteiger partial charge on any atom is -0.472 e. The van der Waals surface area contributed by atoms with Gasteiger partial charge >= 0.3 is 0 Å². The largest absolute Gasteiger partial charge is 0.472 e. The lowest BCUT2D eigenvalue weighted by molar-refractivity contribution is 0.0325. The quantitative estimate of drug-likeness (QED) is 0.521. The van der Waals surface area contributed by atoms with E-state index in [1.54, 1.807) is 41.7 Å². The van der Waals surface area contributed by atoms with Gasteiger partial charge < -0.3 is 14.7 Å². The smallest absolute Gasteiger partial charge is 0.259 e. The van der Waals surface area contributed by atoms with Gasteiger partial charge in [0.2, 0.25) is 5.88 Å². The molecule has 37 heavy (non-hydrogen) atoms. The number of carbonyl (C=O) groups is 1. The molecule has 0 unspecified atom stereocenters. The van der Waals surface area contributed by atoms with Crippen molar-refractivity contribution in [3.8, 4) is 17.7 Å². The van der Waals surface area contributed by atoms with Crippen LogP contribution in [0.5, 0.6) is 5.88 Å². The number of nitrogens with zero attached hydrogens (tertiary/aromatic N) is 4. The second-order valence-corrected chi connectivity index (χ2v) is 9.51. The SMILES string of the molecule is C[C@H](CO)N1C[C@H](C)[C@H](CN(C)Cc2ccc(F)cc2)Oc2ncc(C#Cc3cccnc3)cc2C1=O. The number of aliphatic hydroxyl groups excluding tert-OH is 1. The fraction of sp³-hybridized carbons (Fsp3) is 0.345. The van der Waals surface area contributed by atoms with E-state index in [2.05, 4.69) is 26.7 Å². The van der Waals surface area contributed by atoms with Crippen LogP contribution in [0.4, 0.5) is 4.39 Å². The number of ether oxygens (including phenoxy) is 1. The van der Waals surface area contributed by atoms with E-state index in [0.29, 0.717) is 30.8 Å². The maximum atomic E-state index is 13.6. The lowest BCUT2D eigenvalue weighted by Crippen LogP contribution is -2.49. The van der Waals surface area contributed by atoms with Crippen LogP contribution in [-0.2, 0) is 6.54 Å². The molecule has 0 bridgehead atoms. The predicted octanol–water partition coefficient (Wildman–Crippen LogP) is 3.37. The Hall–Kier alpha value is -3.80. The molecule has 192 valence electrons. The summed E-state index contributed by atoms with van der Waals surface area (Å²) in [5.74, 6) is 5.78. The minimum absolute atomic E-state index is 0.0337. The molecule has 0 saturated heterocycles. The van der Waals surface area contributed by atoms with Gasteiger partial charge in [-0.25, -0.2) is 9.37 Å². The summed E-state index contributed by atoms with van der Waals surface area (Å²) >= 11 is 0. The van der Waals surface area contributed by atoms with E-state index in [4.69, 9.17) is 4.74 Å². The van der Waals surface area contributed by atoms with Gasteiger partial charge in [-0.3, -0.25) is 14.7 Å². The van der Waals surface area contributed by atoms with Crippen LogP contribution in [0.15, 0.2) is 61.1 Å². The lowest BCUT2D eigenvalue weighted by atomic mass is 9.99. The molecule has 3 heterocycles. The van der Waals surface area contributed by atoms with E-state index in [9.17, 15) is 14.3 Å². The van der Waals surface area contributed by atoms with E-state index >= 15 is 0 Å². The Balaban J connectivity index is 1.61. The van der Waals surface area contributed by atoms with Crippen LogP contribution in [0.3, 0.4) is 0 Å². The number of pyridine rings is 2. The summed E-state index contributed by atoms with van der Waals surface area (Å²) in [6.45, 7) is 5.29. The standard InChI is InChI=1S/C29H31FN4O3/c1-20-16-34(21(2)19-35)29(36)26-13-24(7-6-22-5-4-12-31-14-22)15-32-28(26)37-27(20)18-33(3)17-23-8-10-25(30)11-9-23/h4-5,8-15,20-21,27,35H,16-19H2,1-3H3/t20-,21+,27-/m0/s1. The molecular formula is C29H31FN4O3. The highest BCUT2D eigenvalue weighted by Crippen LogP contribution is 2.27. The van der Waals surface area contributed by atoms with E-state index in [0.717, 1.165) is 11.1 Å². The number of carbonyl (C=O) groups excluding carboxylic acids is 1.